The molecule has 2 nitrogen and oxygen atoms in total. The first-order chi connectivity index (χ1) is 13.4. The van der Waals surface area contributed by atoms with Crippen LogP contribution in [0, 0.1) is 12.7 Å². The van der Waals surface area contributed by atoms with Crippen LogP contribution in [0.4, 0.5) is 10.1 Å². The summed E-state index contributed by atoms with van der Waals surface area (Å²) in [5.74, 6) is -0.519. The molecule has 0 amide bonds. The van der Waals surface area contributed by atoms with E-state index in [9.17, 15) is 4.39 Å². The van der Waals surface area contributed by atoms with Crippen molar-refractivity contribution >= 4 is 46.4 Å². The average Bonchev–Trinajstić information content (AvgIpc) is 2.68. The normalized spacial score (nSPS) is 13.8. The molecule has 0 saturated heterocycles. The monoisotopic (exact) mass is 418 g/mol. The van der Waals surface area contributed by atoms with Gasteiger partial charge in [0.2, 0.25) is 0 Å². The van der Waals surface area contributed by atoms with E-state index in [1.54, 1.807) is 12.3 Å². The molecular weight excluding hydrogens is 394 g/mol. The molecule has 1 heterocycles. The molecule has 0 N–H and O–H groups in total. The van der Waals surface area contributed by atoms with E-state index in [4.69, 9.17) is 23.2 Å². The number of halogens is 3. The van der Waals surface area contributed by atoms with E-state index in [1.165, 1.54) is 6.07 Å². The summed E-state index contributed by atoms with van der Waals surface area (Å²) < 4.78 is 13.7. The summed E-state index contributed by atoms with van der Waals surface area (Å²) in [5, 5.41) is 0.397. The van der Waals surface area contributed by atoms with Crippen LogP contribution in [0.15, 0.2) is 47.5 Å². The molecular formula is C23H25Cl2FN2. The molecule has 1 aliphatic rings. The van der Waals surface area contributed by atoms with Gasteiger partial charge in [0.15, 0.2) is 0 Å². The van der Waals surface area contributed by atoms with E-state index < -0.39 is 5.82 Å². The zero-order valence-corrected chi connectivity index (χ0v) is 18.4. The first-order valence-electron chi connectivity index (χ1n) is 9.29. The van der Waals surface area contributed by atoms with Gasteiger partial charge in [-0.25, -0.2) is 4.39 Å². The van der Waals surface area contributed by atoms with Crippen molar-refractivity contribution < 1.29 is 4.39 Å². The van der Waals surface area contributed by atoms with Gasteiger partial charge < -0.3 is 4.90 Å². The number of aryl methyl sites for hydroxylation is 1. The Bertz CT molecular complexity index is 946. The fourth-order valence-electron chi connectivity index (χ4n) is 3.10. The minimum absolute atomic E-state index is 0.0583. The minimum Gasteiger partial charge on any atom is -0.370 e. The van der Waals surface area contributed by atoms with Gasteiger partial charge in [0.1, 0.15) is 5.82 Å². The summed E-state index contributed by atoms with van der Waals surface area (Å²) in [4.78, 5) is 6.45. The first-order valence-corrected chi connectivity index (χ1v) is 10.0. The maximum Gasteiger partial charge on any atom is 0.143 e. The van der Waals surface area contributed by atoms with Crippen LogP contribution in [0.2, 0.25) is 10.0 Å². The fraction of sp³-hybridized carbons (Fsp3) is 0.261. The molecule has 0 saturated carbocycles. The van der Waals surface area contributed by atoms with E-state index in [2.05, 4.69) is 28.1 Å². The van der Waals surface area contributed by atoms with Crippen molar-refractivity contribution in [1.29, 1.82) is 0 Å². The van der Waals surface area contributed by atoms with Gasteiger partial charge in [-0.3, -0.25) is 4.99 Å². The van der Waals surface area contributed by atoms with Gasteiger partial charge in [-0.05, 0) is 49.2 Å². The van der Waals surface area contributed by atoms with Crippen LogP contribution >= 0.6 is 23.2 Å². The van der Waals surface area contributed by atoms with Gasteiger partial charge in [-0.1, -0.05) is 55.3 Å². The summed E-state index contributed by atoms with van der Waals surface area (Å²) in [7, 11) is 1.98. The maximum atomic E-state index is 13.7. The maximum absolute atomic E-state index is 13.7. The third kappa shape index (κ3) is 4.65. The lowest BCUT2D eigenvalue weighted by Crippen LogP contribution is -2.21. The molecule has 0 atom stereocenters. The third-order valence-corrected chi connectivity index (χ3v) is 4.94. The molecule has 0 unspecified atom stereocenters. The molecule has 0 bridgehead atoms. The highest BCUT2D eigenvalue weighted by atomic mass is 35.5. The van der Waals surface area contributed by atoms with Gasteiger partial charge in [0.05, 0.1) is 21.4 Å². The Hall–Kier alpha value is -2.10. The van der Waals surface area contributed by atoms with Crippen LogP contribution < -0.4 is 0 Å². The molecule has 3 rings (SSSR count). The number of aliphatic imine (C=N–C) groups is 1. The van der Waals surface area contributed by atoms with Gasteiger partial charge >= 0.3 is 0 Å². The second kappa shape index (κ2) is 9.90. The zero-order chi connectivity index (χ0) is 20.8. The molecule has 148 valence electrons. The van der Waals surface area contributed by atoms with Gasteiger partial charge in [-0.2, -0.15) is 0 Å². The van der Waals surface area contributed by atoms with Crippen LogP contribution in [-0.4, -0.2) is 24.7 Å². The molecule has 0 aromatic heterocycles. The lowest BCUT2D eigenvalue weighted by molar-refractivity contribution is 0.533. The Morgan fingerprint density at radius 1 is 1.11 bits per heavy atom. The summed E-state index contributed by atoms with van der Waals surface area (Å²) in [6.45, 7) is 8.67. The highest BCUT2D eigenvalue weighted by Crippen LogP contribution is 2.38. The Balaban J connectivity index is 0.00000136. The number of hydrogen-bond donors (Lipinski definition) is 0. The molecule has 5 heteroatoms. The van der Waals surface area contributed by atoms with Gasteiger partial charge in [0, 0.05) is 30.9 Å². The molecule has 0 spiro atoms. The third-order valence-electron chi connectivity index (χ3n) is 4.34. The highest BCUT2D eigenvalue weighted by molar-refractivity contribution is 6.34. The second-order valence-corrected chi connectivity index (χ2v) is 6.99. The number of nitrogens with zero attached hydrogens (tertiary/aromatic N) is 2. The number of allylic oxidation sites excluding steroid dienone is 2. The molecule has 2 aromatic rings. The van der Waals surface area contributed by atoms with Crippen molar-refractivity contribution in [3.05, 3.63) is 75.0 Å². The van der Waals surface area contributed by atoms with Crippen LogP contribution in [0.1, 0.15) is 37.5 Å². The van der Waals surface area contributed by atoms with Gasteiger partial charge in [-0.15, -0.1) is 0 Å². The molecule has 0 fully saturated rings. The van der Waals surface area contributed by atoms with Crippen LogP contribution in [0.3, 0.4) is 0 Å². The van der Waals surface area contributed by atoms with Crippen molar-refractivity contribution in [2.75, 3.05) is 13.6 Å². The lowest BCUT2D eigenvalue weighted by Gasteiger charge is -2.29. The van der Waals surface area contributed by atoms with E-state index >= 15 is 0 Å². The van der Waals surface area contributed by atoms with E-state index in [-0.39, 0.29) is 5.02 Å². The SMILES string of the molecule is CC.CC=Nc1ccc(C2=C(c3cc(Cl)c(F)cc3Cl)N(C)CC=C2)cc1C. The lowest BCUT2D eigenvalue weighted by atomic mass is 9.94. The Morgan fingerprint density at radius 2 is 1.82 bits per heavy atom. The van der Waals surface area contributed by atoms with E-state index in [1.807, 2.05) is 46.9 Å². The number of hydrogen-bond acceptors (Lipinski definition) is 2. The summed E-state index contributed by atoms with van der Waals surface area (Å²) >= 11 is 12.4. The van der Waals surface area contributed by atoms with Crippen molar-refractivity contribution in [2.24, 2.45) is 4.99 Å². The highest BCUT2D eigenvalue weighted by Gasteiger charge is 2.21. The van der Waals surface area contributed by atoms with Crippen LogP contribution in [-0.2, 0) is 0 Å². The van der Waals surface area contributed by atoms with Crippen molar-refractivity contribution in [1.82, 2.24) is 4.90 Å². The largest absolute Gasteiger partial charge is 0.370 e. The van der Waals surface area contributed by atoms with Crippen molar-refractivity contribution in [2.45, 2.75) is 27.7 Å². The quantitative estimate of drug-likeness (QED) is 0.370. The Kier molecular flexibility index (Phi) is 7.85. The standard InChI is InChI=1S/C21H19Cl2FN2.C2H6/c1-4-25-20-8-7-14(10-13(20)2)15-6-5-9-26(3)21(15)16-11-18(23)19(24)12-17(16)22;1-2/h4-8,10-12H,9H2,1-3H3;1-2H3. The Labute approximate surface area is 177 Å². The summed E-state index contributed by atoms with van der Waals surface area (Å²) in [5.41, 5.74) is 5.72. The smallest absolute Gasteiger partial charge is 0.143 e. The Morgan fingerprint density at radius 3 is 2.46 bits per heavy atom. The van der Waals surface area contributed by atoms with Crippen molar-refractivity contribution in [3.8, 4) is 0 Å². The predicted octanol–water partition coefficient (Wildman–Crippen LogP) is 7.56. The number of rotatable bonds is 3. The van der Waals surface area contributed by atoms with E-state index in [0.717, 1.165) is 34.6 Å². The fourth-order valence-corrected chi connectivity index (χ4v) is 3.50. The van der Waals surface area contributed by atoms with E-state index in [0.29, 0.717) is 10.6 Å². The number of benzene rings is 2. The summed E-state index contributed by atoms with van der Waals surface area (Å²) in [6.07, 6.45) is 5.94. The molecule has 1 aliphatic heterocycles. The summed E-state index contributed by atoms with van der Waals surface area (Å²) in [6, 6.07) is 8.98. The molecule has 2 aromatic carbocycles. The van der Waals surface area contributed by atoms with Gasteiger partial charge in [0.25, 0.3) is 0 Å². The predicted molar refractivity (Wildman–Crippen MR) is 121 cm³/mol. The van der Waals surface area contributed by atoms with Crippen LogP contribution in [0.5, 0.6) is 0 Å². The molecule has 0 radical (unpaired) electrons. The molecule has 0 aliphatic carbocycles. The number of likely N-dealkylation sites (N-methyl/N-ethyl adjacent to an activating group) is 1. The van der Waals surface area contributed by atoms with Crippen molar-refractivity contribution in [3.63, 3.8) is 0 Å². The second-order valence-electron chi connectivity index (χ2n) is 6.18. The minimum atomic E-state index is -0.519. The topological polar surface area (TPSA) is 15.6 Å². The molecule has 28 heavy (non-hydrogen) atoms. The van der Waals surface area contributed by atoms with Crippen LogP contribution in [0.25, 0.3) is 11.3 Å². The first kappa shape index (κ1) is 22.2. The zero-order valence-electron chi connectivity index (χ0n) is 16.9. The average molecular weight is 419 g/mol.